The Balaban J connectivity index is 1.48. The number of sulfonamides is 1. The maximum absolute atomic E-state index is 13.1. The van der Waals surface area contributed by atoms with E-state index in [1.54, 1.807) is 13.8 Å². The molecule has 1 saturated heterocycles. The summed E-state index contributed by atoms with van der Waals surface area (Å²) < 4.78 is 34.3. The molecule has 3 aliphatic rings. The van der Waals surface area contributed by atoms with E-state index in [2.05, 4.69) is 36.4 Å². The largest absolute Gasteiger partial charge is 0.379 e. The van der Waals surface area contributed by atoms with Gasteiger partial charge in [0.25, 0.3) is 5.91 Å². The van der Waals surface area contributed by atoms with Crippen molar-refractivity contribution in [2.75, 3.05) is 26.3 Å². The first-order valence-corrected chi connectivity index (χ1v) is 12.4. The average Bonchev–Trinajstić information content (AvgIpc) is 3.20. The Morgan fingerprint density at radius 1 is 1.26 bits per heavy atom. The van der Waals surface area contributed by atoms with E-state index >= 15 is 0 Å². The molecule has 0 spiro atoms. The molecule has 9 nitrogen and oxygen atoms in total. The maximum atomic E-state index is 13.1. The van der Waals surface area contributed by atoms with Crippen LogP contribution in [0.3, 0.4) is 0 Å². The van der Waals surface area contributed by atoms with E-state index in [0.29, 0.717) is 43.6 Å². The van der Waals surface area contributed by atoms with Gasteiger partial charge in [-0.05, 0) is 44.4 Å². The lowest BCUT2D eigenvalue weighted by molar-refractivity contribution is -0.121. The molecule has 1 amide bonds. The van der Waals surface area contributed by atoms with Crippen molar-refractivity contribution in [1.29, 1.82) is 0 Å². The number of fused-ring (bicyclic) bond motifs is 2. The molecule has 1 aliphatic heterocycles. The minimum Gasteiger partial charge on any atom is -0.379 e. The summed E-state index contributed by atoms with van der Waals surface area (Å²) in [5.74, 6) is 0.301. The highest BCUT2D eigenvalue weighted by Crippen LogP contribution is 2.63. The zero-order valence-corrected chi connectivity index (χ0v) is 19.9. The van der Waals surface area contributed by atoms with Gasteiger partial charge in [-0.1, -0.05) is 20.8 Å². The quantitative estimate of drug-likeness (QED) is 0.688. The molecule has 2 heterocycles. The van der Waals surface area contributed by atoms with Crippen LogP contribution >= 0.6 is 0 Å². The molecule has 0 radical (unpaired) electrons. The number of hydrogen-bond acceptors (Lipinski definition) is 6. The SMILES string of the molecule is Cc1nn(CC(=O)N/N=C2/CC3CCC2(C)C3(C)C)c(C)c1S(=O)(=O)N1CCOCC1. The van der Waals surface area contributed by atoms with Crippen LogP contribution in [0.5, 0.6) is 0 Å². The first-order chi connectivity index (χ1) is 14.5. The van der Waals surface area contributed by atoms with Crippen molar-refractivity contribution in [2.45, 2.75) is 65.3 Å². The van der Waals surface area contributed by atoms with Crippen LogP contribution in [0.2, 0.25) is 0 Å². The van der Waals surface area contributed by atoms with Crippen LogP contribution in [0, 0.1) is 30.6 Å². The third-order valence-electron chi connectivity index (χ3n) is 8.00. The minimum absolute atomic E-state index is 0.0164. The standard InChI is InChI=1S/C21H33N5O4S/c1-14-19(31(28,29)25-8-10-30-11-9-25)15(2)26(24-14)13-18(27)23-22-17-12-16-6-7-21(17,5)20(16,3)4/h16H,6-13H2,1-5H3,(H,23,27)/b22-17-. The third-order valence-corrected chi connectivity index (χ3v) is 10.2. The number of aromatic nitrogens is 2. The van der Waals surface area contributed by atoms with Crippen molar-refractivity contribution >= 4 is 21.6 Å². The fourth-order valence-corrected chi connectivity index (χ4v) is 7.30. The first kappa shape index (κ1) is 22.4. The lowest BCUT2D eigenvalue weighted by atomic mass is 9.70. The molecule has 2 aliphatic carbocycles. The molecular formula is C21H33N5O4S. The molecule has 1 N–H and O–H groups in total. The summed E-state index contributed by atoms with van der Waals surface area (Å²) in [4.78, 5) is 12.8. The molecule has 31 heavy (non-hydrogen) atoms. The normalized spacial score (nSPS) is 29.6. The van der Waals surface area contributed by atoms with Crippen LogP contribution in [0.15, 0.2) is 10.00 Å². The Kier molecular flexibility index (Phi) is 5.54. The highest BCUT2D eigenvalue weighted by Gasteiger charge is 2.60. The van der Waals surface area contributed by atoms with Crippen molar-refractivity contribution in [3.63, 3.8) is 0 Å². The predicted molar refractivity (Wildman–Crippen MR) is 116 cm³/mol. The molecule has 0 aromatic carbocycles. The Labute approximate surface area is 184 Å². The number of nitrogens with one attached hydrogen (secondary N) is 1. The van der Waals surface area contributed by atoms with Gasteiger partial charge in [0.1, 0.15) is 11.4 Å². The van der Waals surface area contributed by atoms with E-state index < -0.39 is 10.0 Å². The average molecular weight is 452 g/mol. The summed E-state index contributed by atoms with van der Waals surface area (Å²) in [6.07, 6.45) is 3.23. The molecule has 4 rings (SSSR count). The van der Waals surface area contributed by atoms with Gasteiger partial charge in [-0.25, -0.2) is 13.8 Å². The summed E-state index contributed by atoms with van der Waals surface area (Å²) in [6, 6.07) is 0. The lowest BCUT2D eigenvalue weighted by Gasteiger charge is -2.34. The van der Waals surface area contributed by atoms with Gasteiger partial charge in [-0.2, -0.15) is 14.5 Å². The lowest BCUT2D eigenvalue weighted by Crippen LogP contribution is -2.41. The zero-order valence-electron chi connectivity index (χ0n) is 19.1. The summed E-state index contributed by atoms with van der Waals surface area (Å²) in [5, 5.41) is 8.82. The Morgan fingerprint density at radius 2 is 1.94 bits per heavy atom. The van der Waals surface area contributed by atoms with Crippen molar-refractivity contribution < 1.29 is 17.9 Å². The van der Waals surface area contributed by atoms with Crippen LogP contribution in [0.25, 0.3) is 0 Å². The van der Waals surface area contributed by atoms with Gasteiger partial charge in [0.2, 0.25) is 10.0 Å². The predicted octanol–water partition coefficient (Wildman–Crippen LogP) is 1.84. The van der Waals surface area contributed by atoms with Crippen LogP contribution in [-0.2, 0) is 26.1 Å². The van der Waals surface area contributed by atoms with Gasteiger partial charge in [-0.3, -0.25) is 9.48 Å². The first-order valence-electron chi connectivity index (χ1n) is 11.0. The molecular weight excluding hydrogens is 418 g/mol. The molecule has 2 saturated carbocycles. The van der Waals surface area contributed by atoms with Crippen molar-refractivity contribution in [3.05, 3.63) is 11.4 Å². The number of hydrogen-bond donors (Lipinski definition) is 1. The van der Waals surface area contributed by atoms with E-state index in [1.807, 2.05) is 0 Å². The number of carbonyl (C=O) groups is 1. The Hall–Kier alpha value is -1.78. The van der Waals surface area contributed by atoms with E-state index in [1.165, 1.54) is 15.4 Å². The third kappa shape index (κ3) is 3.52. The van der Waals surface area contributed by atoms with E-state index in [9.17, 15) is 13.2 Å². The van der Waals surface area contributed by atoms with Crippen LogP contribution in [-0.4, -0.2) is 60.4 Å². The molecule has 1 aromatic heterocycles. The van der Waals surface area contributed by atoms with E-state index in [0.717, 1.165) is 18.6 Å². The monoisotopic (exact) mass is 451 g/mol. The van der Waals surface area contributed by atoms with Crippen LogP contribution < -0.4 is 5.43 Å². The number of nitrogens with zero attached hydrogens (tertiary/aromatic N) is 4. The second-order valence-corrected chi connectivity index (χ2v) is 11.6. The summed E-state index contributed by atoms with van der Waals surface area (Å²) in [6.45, 7) is 11.5. The molecule has 3 fully saturated rings. The molecule has 2 unspecified atom stereocenters. The fourth-order valence-electron chi connectivity index (χ4n) is 5.52. The Morgan fingerprint density at radius 3 is 2.52 bits per heavy atom. The van der Waals surface area contributed by atoms with Gasteiger partial charge >= 0.3 is 0 Å². The number of amides is 1. The number of morpholine rings is 1. The van der Waals surface area contributed by atoms with E-state index in [4.69, 9.17) is 4.74 Å². The van der Waals surface area contributed by atoms with Crippen molar-refractivity contribution in [3.8, 4) is 0 Å². The summed E-state index contributed by atoms with van der Waals surface area (Å²) >= 11 is 0. The highest BCUT2D eigenvalue weighted by atomic mass is 32.2. The maximum Gasteiger partial charge on any atom is 0.261 e. The van der Waals surface area contributed by atoms with Gasteiger partial charge in [0.05, 0.1) is 24.6 Å². The topological polar surface area (TPSA) is 106 Å². The zero-order chi connectivity index (χ0) is 22.6. The second-order valence-electron chi connectivity index (χ2n) is 9.76. The number of hydrazone groups is 1. The Bertz CT molecular complexity index is 1020. The number of ether oxygens (including phenoxy) is 1. The van der Waals surface area contributed by atoms with Crippen LogP contribution in [0.4, 0.5) is 0 Å². The van der Waals surface area contributed by atoms with Crippen LogP contribution in [0.1, 0.15) is 51.4 Å². The number of rotatable bonds is 5. The number of aryl methyl sites for hydroxylation is 1. The van der Waals surface area contributed by atoms with Gasteiger partial charge in [0, 0.05) is 24.2 Å². The molecule has 10 heteroatoms. The van der Waals surface area contributed by atoms with Gasteiger partial charge < -0.3 is 4.74 Å². The molecule has 2 bridgehead atoms. The minimum atomic E-state index is -3.68. The molecule has 1 aromatic rings. The van der Waals surface area contributed by atoms with Crippen molar-refractivity contribution in [2.24, 2.45) is 21.8 Å². The van der Waals surface area contributed by atoms with Gasteiger partial charge in [-0.15, -0.1) is 0 Å². The fraction of sp³-hybridized carbons (Fsp3) is 0.762. The second kappa shape index (κ2) is 7.67. The molecule has 172 valence electrons. The summed E-state index contributed by atoms with van der Waals surface area (Å²) in [7, 11) is -3.68. The molecule has 2 atom stereocenters. The highest BCUT2D eigenvalue weighted by molar-refractivity contribution is 7.89. The van der Waals surface area contributed by atoms with E-state index in [-0.39, 0.29) is 28.2 Å². The smallest absolute Gasteiger partial charge is 0.261 e. The van der Waals surface area contributed by atoms with Gasteiger partial charge in [0.15, 0.2) is 0 Å². The number of carbonyl (C=O) groups excluding carboxylic acids is 1. The summed E-state index contributed by atoms with van der Waals surface area (Å²) in [5.41, 5.74) is 4.81. The van der Waals surface area contributed by atoms with Crippen molar-refractivity contribution in [1.82, 2.24) is 19.5 Å².